The van der Waals surface area contributed by atoms with Crippen LogP contribution in [0.1, 0.15) is 38.6 Å². The summed E-state index contributed by atoms with van der Waals surface area (Å²) in [6.07, 6.45) is 1.56. The molecule has 0 saturated heterocycles. The van der Waals surface area contributed by atoms with Crippen molar-refractivity contribution in [1.82, 2.24) is 0 Å². The van der Waals surface area contributed by atoms with Gasteiger partial charge in [0, 0.05) is 0 Å². The Morgan fingerprint density at radius 1 is 1.05 bits per heavy atom. The van der Waals surface area contributed by atoms with E-state index in [1.807, 2.05) is 0 Å². The maximum atomic E-state index is 11.8. The topological polar surface area (TPSA) is 52.6 Å². The van der Waals surface area contributed by atoms with Crippen molar-refractivity contribution < 1.29 is 19.1 Å². The number of ether oxygens (including phenoxy) is 2. The standard InChI is InChI=1S/C17H21ClO4/c1-6-13(18)12-7-8-14(21-16(19)10(2)3)15(9-12)22-17(20)11(4)5/h6-11,13H,1H2,2-5H3. The van der Waals surface area contributed by atoms with Gasteiger partial charge in [-0.15, -0.1) is 18.2 Å². The number of esters is 2. The fourth-order valence-electron chi connectivity index (χ4n) is 1.45. The van der Waals surface area contributed by atoms with Crippen LogP contribution in [0.3, 0.4) is 0 Å². The molecule has 0 spiro atoms. The molecule has 0 aliphatic rings. The Labute approximate surface area is 136 Å². The van der Waals surface area contributed by atoms with Gasteiger partial charge in [-0.05, 0) is 17.7 Å². The van der Waals surface area contributed by atoms with Gasteiger partial charge in [0.15, 0.2) is 11.5 Å². The molecule has 0 aliphatic heterocycles. The quantitative estimate of drug-likeness (QED) is 0.339. The van der Waals surface area contributed by atoms with Crippen molar-refractivity contribution in [2.75, 3.05) is 0 Å². The maximum Gasteiger partial charge on any atom is 0.313 e. The van der Waals surface area contributed by atoms with Crippen LogP contribution < -0.4 is 9.47 Å². The first-order valence-corrected chi connectivity index (χ1v) is 7.53. The van der Waals surface area contributed by atoms with E-state index in [0.717, 1.165) is 0 Å². The van der Waals surface area contributed by atoms with Gasteiger partial charge in [-0.25, -0.2) is 0 Å². The fraction of sp³-hybridized carbons (Fsp3) is 0.412. The number of rotatable bonds is 6. The third kappa shape index (κ3) is 4.88. The minimum Gasteiger partial charge on any atom is -0.422 e. The van der Waals surface area contributed by atoms with E-state index in [0.29, 0.717) is 5.56 Å². The lowest BCUT2D eigenvalue weighted by molar-refractivity contribution is -0.140. The van der Waals surface area contributed by atoms with Gasteiger partial charge in [-0.1, -0.05) is 39.8 Å². The molecule has 5 heteroatoms. The van der Waals surface area contributed by atoms with Gasteiger partial charge in [-0.2, -0.15) is 0 Å². The van der Waals surface area contributed by atoms with Gasteiger partial charge in [0.05, 0.1) is 17.2 Å². The molecule has 120 valence electrons. The van der Waals surface area contributed by atoms with Crippen LogP contribution in [0.15, 0.2) is 30.9 Å². The molecule has 4 nitrogen and oxygen atoms in total. The van der Waals surface area contributed by atoms with Gasteiger partial charge in [0.25, 0.3) is 0 Å². The second kappa shape index (κ2) is 7.99. The molecule has 0 aromatic heterocycles. The van der Waals surface area contributed by atoms with Crippen LogP contribution in [-0.4, -0.2) is 11.9 Å². The zero-order valence-corrected chi connectivity index (χ0v) is 14.0. The van der Waals surface area contributed by atoms with Crippen LogP contribution in [0.5, 0.6) is 11.5 Å². The third-order valence-electron chi connectivity index (χ3n) is 2.86. The largest absolute Gasteiger partial charge is 0.422 e. The smallest absolute Gasteiger partial charge is 0.313 e. The Morgan fingerprint density at radius 3 is 2.00 bits per heavy atom. The fourth-order valence-corrected chi connectivity index (χ4v) is 1.58. The normalized spacial score (nSPS) is 12.1. The number of benzene rings is 1. The molecular weight excluding hydrogens is 304 g/mol. The molecule has 0 bridgehead atoms. The number of hydrogen-bond acceptors (Lipinski definition) is 4. The highest BCUT2D eigenvalue weighted by molar-refractivity contribution is 6.21. The average Bonchev–Trinajstić information content (AvgIpc) is 2.47. The highest BCUT2D eigenvalue weighted by atomic mass is 35.5. The zero-order valence-electron chi connectivity index (χ0n) is 13.3. The molecule has 0 radical (unpaired) electrons. The van der Waals surface area contributed by atoms with E-state index in [1.54, 1.807) is 52.0 Å². The van der Waals surface area contributed by atoms with Crippen LogP contribution in [0.25, 0.3) is 0 Å². The first-order chi connectivity index (χ1) is 10.3. The predicted molar refractivity (Wildman–Crippen MR) is 86.2 cm³/mol. The number of carbonyl (C=O) groups is 2. The summed E-state index contributed by atoms with van der Waals surface area (Å²) >= 11 is 6.10. The maximum absolute atomic E-state index is 11.8. The average molecular weight is 325 g/mol. The van der Waals surface area contributed by atoms with E-state index >= 15 is 0 Å². The summed E-state index contributed by atoms with van der Waals surface area (Å²) in [7, 11) is 0. The molecule has 0 saturated carbocycles. The van der Waals surface area contributed by atoms with Crippen LogP contribution in [0, 0.1) is 11.8 Å². The molecule has 0 heterocycles. The van der Waals surface area contributed by atoms with Gasteiger partial charge < -0.3 is 9.47 Å². The van der Waals surface area contributed by atoms with E-state index in [-0.39, 0.29) is 23.3 Å². The second-order valence-electron chi connectivity index (χ2n) is 5.50. The number of carbonyl (C=O) groups excluding carboxylic acids is 2. The van der Waals surface area contributed by atoms with E-state index in [9.17, 15) is 9.59 Å². The molecule has 1 rings (SSSR count). The van der Waals surface area contributed by atoms with Crippen molar-refractivity contribution >= 4 is 23.5 Å². The molecule has 22 heavy (non-hydrogen) atoms. The summed E-state index contributed by atoms with van der Waals surface area (Å²) in [6.45, 7) is 10.5. The van der Waals surface area contributed by atoms with Crippen LogP contribution in [0.4, 0.5) is 0 Å². The Kier molecular flexibility index (Phi) is 6.62. The van der Waals surface area contributed by atoms with Crippen molar-refractivity contribution in [1.29, 1.82) is 0 Å². The molecule has 1 aromatic carbocycles. The number of alkyl halides is 1. The molecule has 0 fully saturated rings. The van der Waals surface area contributed by atoms with Crippen molar-refractivity contribution in [3.05, 3.63) is 36.4 Å². The van der Waals surface area contributed by atoms with E-state index in [2.05, 4.69) is 6.58 Å². The summed E-state index contributed by atoms with van der Waals surface area (Å²) in [5, 5.41) is -0.425. The van der Waals surface area contributed by atoms with Crippen molar-refractivity contribution in [3.8, 4) is 11.5 Å². The molecule has 1 aromatic rings. The number of allylic oxidation sites excluding steroid dienone is 1. The Bertz CT molecular complexity index is 564. The van der Waals surface area contributed by atoms with E-state index in [1.165, 1.54) is 0 Å². The van der Waals surface area contributed by atoms with Crippen molar-refractivity contribution in [3.63, 3.8) is 0 Å². The third-order valence-corrected chi connectivity index (χ3v) is 3.29. The Morgan fingerprint density at radius 2 is 1.55 bits per heavy atom. The number of hydrogen-bond donors (Lipinski definition) is 0. The molecule has 0 N–H and O–H groups in total. The second-order valence-corrected chi connectivity index (χ2v) is 5.97. The molecule has 1 atom stereocenters. The summed E-state index contributed by atoms with van der Waals surface area (Å²) in [5.41, 5.74) is 0.701. The molecule has 0 amide bonds. The van der Waals surface area contributed by atoms with Crippen LogP contribution in [0.2, 0.25) is 0 Å². The molecule has 0 aliphatic carbocycles. The van der Waals surface area contributed by atoms with Crippen LogP contribution >= 0.6 is 11.6 Å². The van der Waals surface area contributed by atoms with Crippen molar-refractivity contribution in [2.24, 2.45) is 11.8 Å². The SMILES string of the molecule is C=CC(Cl)c1ccc(OC(=O)C(C)C)c(OC(=O)C(C)C)c1. The first-order valence-electron chi connectivity index (χ1n) is 7.10. The highest BCUT2D eigenvalue weighted by Crippen LogP contribution is 2.34. The predicted octanol–water partition coefficient (Wildman–Crippen LogP) is 4.28. The van der Waals surface area contributed by atoms with Gasteiger partial charge in [0.2, 0.25) is 0 Å². The van der Waals surface area contributed by atoms with Crippen LogP contribution in [-0.2, 0) is 9.59 Å². The van der Waals surface area contributed by atoms with Gasteiger partial charge >= 0.3 is 11.9 Å². The summed E-state index contributed by atoms with van der Waals surface area (Å²) < 4.78 is 10.6. The van der Waals surface area contributed by atoms with E-state index < -0.39 is 17.3 Å². The monoisotopic (exact) mass is 324 g/mol. The van der Waals surface area contributed by atoms with E-state index in [4.69, 9.17) is 21.1 Å². The number of halogens is 1. The highest BCUT2D eigenvalue weighted by Gasteiger charge is 2.19. The lowest BCUT2D eigenvalue weighted by Crippen LogP contribution is -2.18. The Balaban J connectivity index is 3.16. The molecule has 1 unspecified atom stereocenters. The summed E-state index contributed by atoms with van der Waals surface area (Å²) in [6, 6.07) is 4.86. The lowest BCUT2D eigenvalue weighted by atomic mass is 10.1. The van der Waals surface area contributed by atoms with Gasteiger partial charge in [-0.3, -0.25) is 9.59 Å². The summed E-state index contributed by atoms with van der Waals surface area (Å²) in [5.74, 6) is -1.03. The van der Waals surface area contributed by atoms with Crippen molar-refractivity contribution in [2.45, 2.75) is 33.1 Å². The first kappa shape index (κ1) is 18.2. The Hall–Kier alpha value is -1.81. The minimum absolute atomic E-state index is 0.178. The summed E-state index contributed by atoms with van der Waals surface area (Å²) in [4.78, 5) is 23.6. The minimum atomic E-state index is -0.425. The zero-order chi connectivity index (χ0) is 16.9. The lowest BCUT2D eigenvalue weighted by Gasteiger charge is -2.15. The molecular formula is C17H21ClO4. The van der Waals surface area contributed by atoms with Gasteiger partial charge in [0.1, 0.15) is 0 Å².